The Morgan fingerprint density at radius 2 is 1.11 bits per heavy atom. The normalized spacial score (nSPS) is 15.4. The molecule has 0 spiro atoms. The molecule has 0 aromatic carbocycles. The number of alkyl halides is 17. The van der Waals surface area contributed by atoms with E-state index >= 15 is 0 Å². The van der Waals surface area contributed by atoms with Gasteiger partial charge in [-0.3, -0.25) is 0 Å². The maximum Gasteiger partial charge on any atom is 0.483 e. The van der Waals surface area contributed by atoms with Gasteiger partial charge in [-0.05, 0) is 6.92 Å². The second-order valence-corrected chi connectivity index (χ2v) is 6.75. The van der Waals surface area contributed by atoms with Crippen LogP contribution in [-0.2, 0) is 9.53 Å². The average molecular weight is 561 g/mol. The van der Waals surface area contributed by atoms with Gasteiger partial charge in [-0.25, -0.2) is 4.79 Å². The fourth-order valence-corrected chi connectivity index (χ4v) is 2.12. The minimum Gasteiger partial charge on any atom is -0.392 e. The summed E-state index contributed by atoms with van der Waals surface area (Å²) in [5, 5.41) is 0. The van der Waals surface area contributed by atoms with Crippen molar-refractivity contribution in [3.05, 3.63) is 12.2 Å². The number of carbonyl (C=O) groups excluding carboxylic acids is 1. The number of halogens is 17. The summed E-state index contributed by atoms with van der Waals surface area (Å²) in [5.74, 6) is -33.5. The van der Waals surface area contributed by atoms with Crippen LogP contribution in [0.2, 0.25) is 0 Å². The summed E-state index contributed by atoms with van der Waals surface area (Å²) < 4.78 is 232. The Morgan fingerprint density at radius 1 is 0.714 bits per heavy atom. The van der Waals surface area contributed by atoms with Gasteiger partial charge in [-0.2, -0.15) is 74.6 Å². The van der Waals surface area contributed by atoms with Crippen LogP contribution < -0.4 is 0 Å². The van der Waals surface area contributed by atoms with E-state index in [4.69, 9.17) is 0 Å². The standard InChI is InChI=1S/C15H12F17NO2/c1-4-5-8(16,17)9(18,19)10(20,21)11(22,23)12(24,25)33(15(30,31)32)13(26,27)14(28,29)35-7(34)6(2)3/h2,4-5H2,1,3H3. The third kappa shape index (κ3) is 5.25. The van der Waals surface area contributed by atoms with Gasteiger partial charge in [0, 0.05) is 12.0 Å². The summed E-state index contributed by atoms with van der Waals surface area (Å²) >= 11 is 0. The first-order chi connectivity index (χ1) is 15.0. The van der Waals surface area contributed by atoms with Crippen molar-refractivity contribution in [2.24, 2.45) is 0 Å². The van der Waals surface area contributed by atoms with E-state index in [1.54, 1.807) is 0 Å². The van der Waals surface area contributed by atoms with Crippen LogP contribution >= 0.6 is 0 Å². The molecule has 0 aliphatic rings. The van der Waals surface area contributed by atoms with Crippen molar-refractivity contribution < 1.29 is 84.2 Å². The molecule has 35 heavy (non-hydrogen) atoms. The van der Waals surface area contributed by atoms with Crippen molar-refractivity contribution in [1.29, 1.82) is 0 Å². The van der Waals surface area contributed by atoms with Gasteiger partial charge in [0.05, 0.1) is 0 Å². The molecule has 208 valence electrons. The molecule has 0 rings (SSSR count). The summed E-state index contributed by atoms with van der Waals surface area (Å²) in [6, 6.07) is -16.4. The second-order valence-electron chi connectivity index (χ2n) is 6.75. The molecular weight excluding hydrogens is 549 g/mol. The highest BCUT2D eigenvalue weighted by molar-refractivity contribution is 5.87. The molecule has 0 atom stereocenters. The molecular formula is C15H12F17NO2. The molecule has 0 aliphatic carbocycles. The number of nitrogens with zero attached hydrogens (tertiary/aromatic N) is 1. The Kier molecular flexibility index (Phi) is 8.60. The van der Waals surface area contributed by atoms with E-state index in [2.05, 4.69) is 11.3 Å². The van der Waals surface area contributed by atoms with Crippen LogP contribution in [0.5, 0.6) is 0 Å². The number of rotatable bonds is 11. The lowest BCUT2D eigenvalue weighted by Gasteiger charge is -2.45. The molecule has 0 heterocycles. The molecule has 0 saturated carbocycles. The van der Waals surface area contributed by atoms with Gasteiger partial charge < -0.3 is 4.74 Å². The third-order valence-corrected chi connectivity index (χ3v) is 3.92. The summed E-state index contributed by atoms with van der Waals surface area (Å²) in [6.07, 6.45) is -18.8. The zero-order valence-corrected chi connectivity index (χ0v) is 16.8. The monoisotopic (exact) mass is 561 g/mol. The summed E-state index contributed by atoms with van der Waals surface area (Å²) in [5.41, 5.74) is -1.31. The van der Waals surface area contributed by atoms with Gasteiger partial charge in [-0.15, -0.1) is 0 Å². The Labute approximate surface area is 183 Å². The average Bonchev–Trinajstić information content (AvgIpc) is 2.58. The van der Waals surface area contributed by atoms with Crippen LogP contribution in [0.4, 0.5) is 74.6 Å². The van der Waals surface area contributed by atoms with Crippen LogP contribution in [0.15, 0.2) is 12.2 Å². The fraction of sp³-hybridized carbons (Fsp3) is 0.800. The van der Waals surface area contributed by atoms with Gasteiger partial charge in [0.1, 0.15) is 0 Å². The first kappa shape index (κ1) is 33.0. The van der Waals surface area contributed by atoms with Crippen molar-refractivity contribution in [3.63, 3.8) is 0 Å². The zero-order chi connectivity index (χ0) is 28.9. The predicted molar refractivity (Wildman–Crippen MR) is 78.3 cm³/mol. The summed E-state index contributed by atoms with van der Waals surface area (Å²) in [4.78, 5) is 6.30. The summed E-state index contributed by atoms with van der Waals surface area (Å²) in [6.45, 7) is 3.44. The van der Waals surface area contributed by atoms with Crippen molar-refractivity contribution in [3.8, 4) is 0 Å². The molecule has 0 saturated heterocycles. The van der Waals surface area contributed by atoms with E-state index in [0.717, 1.165) is 0 Å². The fourth-order valence-electron chi connectivity index (χ4n) is 2.12. The molecule has 20 heteroatoms. The quantitative estimate of drug-likeness (QED) is 0.117. The molecule has 3 nitrogen and oxygen atoms in total. The van der Waals surface area contributed by atoms with Crippen LogP contribution in [0.1, 0.15) is 26.7 Å². The molecule has 0 aromatic heterocycles. The maximum absolute atomic E-state index is 13.9. The van der Waals surface area contributed by atoms with Crippen LogP contribution in [-0.4, -0.2) is 59.1 Å². The number of hydrogen-bond acceptors (Lipinski definition) is 3. The first-order valence-corrected chi connectivity index (χ1v) is 8.41. The van der Waals surface area contributed by atoms with Gasteiger partial charge in [0.15, 0.2) is 0 Å². The lowest BCUT2D eigenvalue weighted by Crippen LogP contribution is -2.76. The van der Waals surface area contributed by atoms with E-state index < -0.39 is 77.5 Å². The van der Waals surface area contributed by atoms with Gasteiger partial charge in [0.2, 0.25) is 0 Å². The highest BCUT2D eigenvalue weighted by Gasteiger charge is 2.91. The Morgan fingerprint density at radius 3 is 1.43 bits per heavy atom. The molecule has 0 radical (unpaired) electrons. The van der Waals surface area contributed by atoms with Gasteiger partial charge in [0.25, 0.3) is 0 Å². The van der Waals surface area contributed by atoms with Crippen molar-refractivity contribution in [1.82, 2.24) is 4.90 Å². The van der Waals surface area contributed by atoms with E-state index in [1.807, 2.05) is 0 Å². The molecule has 0 N–H and O–H groups in total. The minimum absolute atomic E-state index is 0.389. The Bertz CT molecular complexity index is 802. The highest BCUT2D eigenvalue weighted by atomic mass is 19.4. The molecule has 0 amide bonds. The topological polar surface area (TPSA) is 29.5 Å². The maximum atomic E-state index is 13.9. The highest BCUT2D eigenvalue weighted by Crippen LogP contribution is 2.61. The predicted octanol–water partition coefficient (Wildman–Crippen LogP) is 7.05. The first-order valence-electron chi connectivity index (χ1n) is 8.41. The Balaban J connectivity index is 7.06. The number of hydrogen-bond donors (Lipinski definition) is 0. The van der Waals surface area contributed by atoms with Crippen molar-refractivity contribution >= 4 is 5.97 Å². The van der Waals surface area contributed by atoms with Gasteiger partial charge in [-0.1, -0.05) is 24.8 Å². The van der Waals surface area contributed by atoms with Crippen molar-refractivity contribution in [2.45, 2.75) is 74.9 Å². The second kappa shape index (κ2) is 9.13. The van der Waals surface area contributed by atoms with Crippen LogP contribution in [0.3, 0.4) is 0 Å². The molecule has 0 fully saturated rings. The number of ether oxygens (including phenoxy) is 1. The SMILES string of the molecule is C=C(C)C(=O)OC(F)(F)C(F)(F)N(C(F)(F)F)C(F)(F)C(F)(F)C(F)(F)C(F)(F)C(F)(F)CCC. The molecule has 0 unspecified atom stereocenters. The van der Waals surface area contributed by atoms with E-state index in [0.29, 0.717) is 13.8 Å². The molecule has 0 aromatic rings. The largest absolute Gasteiger partial charge is 0.483 e. The number of esters is 1. The van der Waals surface area contributed by atoms with E-state index in [-0.39, 0.29) is 0 Å². The lowest BCUT2D eigenvalue weighted by molar-refractivity contribution is -0.513. The van der Waals surface area contributed by atoms with Crippen molar-refractivity contribution in [2.75, 3.05) is 0 Å². The lowest BCUT2D eigenvalue weighted by atomic mass is 9.94. The van der Waals surface area contributed by atoms with E-state index in [1.165, 1.54) is 0 Å². The molecule has 0 bridgehead atoms. The molecule has 0 aliphatic heterocycles. The van der Waals surface area contributed by atoms with E-state index in [9.17, 15) is 79.4 Å². The smallest absolute Gasteiger partial charge is 0.392 e. The zero-order valence-electron chi connectivity index (χ0n) is 16.8. The van der Waals surface area contributed by atoms with Gasteiger partial charge >= 0.3 is 54.2 Å². The Hall–Kier alpha value is -2.02. The van der Waals surface area contributed by atoms with Crippen LogP contribution in [0.25, 0.3) is 0 Å². The van der Waals surface area contributed by atoms with Crippen LogP contribution in [0, 0.1) is 0 Å². The third-order valence-electron chi connectivity index (χ3n) is 3.92. The minimum atomic E-state index is -8.55. The summed E-state index contributed by atoms with van der Waals surface area (Å²) in [7, 11) is 0. The number of carbonyl (C=O) groups is 1.